The van der Waals surface area contributed by atoms with E-state index in [2.05, 4.69) is 42.0 Å². The van der Waals surface area contributed by atoms with Crippen molar-refractivity contribution in [3.63, 3.8) is 0 Å². The third-order valence-corrected chi connectivity index (χ3v) is 6.64. The molecule has 1 saturated heterocycles. The van der Waals surface area contributed by atoms with Gasteiger partial charge < -0.3 is 20.3 Å². The number of likely N-dealkylation sites (tertiary alicyclic amines) is 1. The average molecular weight is 446 g/mol. The van der Waals surface area contributed by atoms with E-state index in [0.717, 1.165) is 50.9 Å². The number of hydrogen-bond donors (Lipinski definition) is 3. The van der Waals surface area contributed by atoms with Crippen LogP contribution in [0.2, 0.25) is 0 Å². The molecule has 1 aromatic heterocycles. The Balaban J connectivity index is 1.43. The second-order valence-corrected chi connectivity index (χ2v) is 10.1. The molecule has 2 atom stereocenters. The van der Waals surface area contributed by atoms with Gasteiger partial charge in [0.2, 0.25) is 11.8 Å². The van der Waals surface area contributed by atoms with Gasteiger partial charge in [0.1, 0.15) is 0 Å². The number of rotatable bonds is 8. The summed E-state index contributed by atoms with van der Waals surface area (Å²) in [4.78, 5) is 19.3. The van der Waals surface area contributed by atoms with Crippen LogP contribution in [-0.2, 0) is 4.79 Å². The molecule has 2 heterocycles. The summed E-state index contributed by atoms with van der Waals surface area (Å²) in [7, 11) is 0. The molecule has 1 aromatic rings. The predicted molar refractivity (Wildman–Crippen MR) is 125 cm³/mol. The summed E-state index contributed by atoms with van der Waals surface area (Å²) in [6.07, 6.45) is 7.64. The highest BCUT2D eigenvalue weighted by Gasteiger charge is 2.27. The summed E-state index contributed by atoms with van der Waals surface area (Å²) in [5.74, 6) is 1.09. The van der Waals surface area contributed by atoms with Crippen LogP contribution in [0.5, 0.6) is 5.88 Å². The third-order valence-electron chi connectivity index (χ3n) is 6.64. The van der Waals surface area contributed by atoms with E-state index >= 15 is 0 Å². The minimum absolute atomic E-state index is 0.0667. The molecular formula is C25H39N3O4. The lowest BCUT2D eigenvalue weighted by molar-refractivity contribution is -0.125. The van der Waals surface area contributed by atoms with Gasteiger partial charge in [-0.3, -0.25) is 9.69 Å². The highest BCUT2D eigenvalue weighted by molar-refractivity contribution is 5.80. The van der Waals surface area contributed by atoms with E-state index in [4.69, 9.17) is 9.84 Å². The number of aromatic nitrogens is 1. The fourth-order valence-electron chi connectivity index (χ4n) is 4.39. The molecule has 7 heteroatoms. The van der Waals surface area contributed by atoms with Crippen molar-refractivity contribution in [1.82, 2.24) is 15.2 Å². The zero-order chi connectivity index (χ0) is 23.1. The predicted octanol–water partition coefficient (Wildman–Crippen LogP) is 2.62. The molecule has 1 amide bonds. The van der Waals surface area contributed by atoms with Gasteiger partial charge in [0.05, 0.1) is 19.3 Å². The van der Waals surface area contributed by atoms with Crippen LogP contribution in [0.25, 0.3) is 5.57 Å². The number of aliphatic hydroxyl groups excluding tert-OH is 2. The number of aliphatic hydroxyl groups is 2. The van der Waals surface area contributed by atoms with E-state index in [1.807, 2.05) is 18.3 Å². The highest BCUT2D eigenvalue weighted by atomic mass is 16.5. The van der Waals surface area contributed by atoms with Gasteiger partial charge in [-0.1, -0.05) is 6.08 Å². The number of hydrogen-bond acceptors (Lipinski definition) is 6. The van der Waals surface area contributed by atoms with E-state index < -0.39 is 6.10 Å². The quantitative estimate of drug-likeness (QED) is 0.569. The molecule has 1 aliphatic carbocycles. The second-order valence-electron chi connectivity index (χ2n) is 10.1. The number of amides is 1. The molecule has 0 saturated carbocycles. The molecule has 1 fully saturated rings. The molecule has 0 aromatic carbocycles. The number of ether oxygens (including phenoxy) is 1. The first-order valence-electron chi connectivity index (χ1n) is 11.9. The lowest BCUT2D eigenvalue weighted by atomic mass is 9.86. The van der Waals surface area contributed by atoms with E-state index in [1.165, 1.54) is 5.57 Å². The Kier molecular flexibility index (Phi) is 8.68. The maximum atomic E-state index is 12.2. The van der Waals surface area contributed by atoms with Gasteiger partial charge in [0.15, 0.2) is 0 Å². The van der Waals surface area contributed by atoms with E-state index in [0.29, 0.717) is 18.2 Å². The Morgan fingerprint density at radius 1 is 1.28 bits per heavy atom. The van der Waals surface area contributed by atoms with Crippen LogP contribution in [0.3, 0.4) is 0 Å². The Bertz CT molecular complexity index is 764. The summed E-state index contributed by atoms with van der Waals surface area (Å²) in [6, 6.07) is 3.99. The number of nitrogens with zero attached hydrogens (tertiary/aromatic N) is 2. The van der Waals surface area contributed by atoms with Crippen molar-refractivity contribution in [2.45, 2.75) is 64.5 Å². The summed E-state index contributed by atoms with van der Waals surface area (Å²) in [6.45, 7) is 9.53. The van der Waals surface area contributed by atoms with Gasteiger partial charge in [-0.2, -0.15) is 0 Å². The van der Waals surface area contributed by atoms with Gasteiger partial charge in [-0.05, 0) is 89.1 Å². The van der Waals surface area contributed by atoms with Gasteiger partial charge in [0, 0.05) is 30.3 Å². The van der Waals surface area contributed by atoms with Crippen LogP contribution in [-0.4, -0.2) is 70.5 Å². The van der Waals surface area contributed by atoms with E-state index in [9.17, 15) is 9.90 Å². The van der Waals surface area contributed by atoms with E-state index in [-0.39, 0.29) is 30.5 Å². The molecule has 1 aliphatic heterocycles. The Morgan fingerprint density at radius 3 is 2.59 bits per heavy atom. The molecular weight excluding hydrogens is 406 g/mol. The Labute approximate surface area is 191 Å². The normalized spacial score (nSPS) is 21.7. The minimum atomic E-state index is -0.906. The number of carbonyl (C=O) groups excluding carboxylic acids is 1. The number of nitrogens with one attached hydrogen (secondary N) is 1. The van der Waals surface area contributed by atoms with Crippen molar-refractivity contribution in [2.24, 2.45) is 11.8 Å². The minimum Gasteiger partial charge on any atom is -0.477 e. The van der Waals surface area contributed by atoms with Crippen LogP contribution in [0.4, 0.5) is 0 Å². The van der Waals surface area contributed by atoms with Crippen LogP contribution in [0.15, 0.2) is 24.4 Å². The fourth-order valence-corrected chi connectivity index (χ4v) is 4.39. The lowest BCUT2D eigenvalue weighted by Gasteiger charge is -2.40. The first-order valence-corrected chi connectivity index (χ1v) is 11.9. The van der Waals surface area contributed by atoms with Gasteiger partial charge in [0.25, 0.3) is 0 Å². The first-order chi connectivity index (χ1) is 15.3. The van der Waals surface area contributed by atoms with Gasteiger partial charge in [-0.25, -0.2) is 4.98 Å². The number of pyridine rings is 1. The van der Waals surface area contributed by atoms with Crippen molar-refractivity contribution < 1.29 is 19.7 Å². The summed E-state index contributed by atoms with van der Waals surface area (Å²) in [5.41, 5.74) is 2.52. The van der Waals surface area contributed by atoms with Gasteiger partial charge in [-0.15, -0.1) is 0 Å². The Hall–Kier alpha value is -1.96. The number of allylic oxidation sites excluding steroid dienone is 2. The van der Waals surface area contributed by atoms with Crippen LogP contribution < -0.4 is 10.1 Å². The monoisotopic (exact) mass is 445 g/mol. The molecule has 1 unspecified atom stereocenters. The highest BCUT2D eigenvalue weighted by Crippen LogP contribution is 2.31. The van der Waals surface area contributed by atoms with E-state index in [1.54, 1.807) is 0 Å². The molecule has 7 nitrogen and oxygen atoms in total. The largest absolute Gasteiger partial charge is 0.477 e. The topological polar surface area (TPSA) is 94.9 Å². The lowest BCUT2D eigenvalue weighted by Crippen LogP contribution is -2.46. The van der Waals surface area contributed by atoms with Crippen molar-refractivity contribution in [3.8, 4) is 5.88 Å². The summed E-state index contributed by atoms with van der Waals surface area (Å²) >= 11 is 0. The van der Waals surface area contributed by atoms with Crippen molar-refractivity contribution in [2.75, 3.05) is 32.8 Å². The first kappa shape index (κ1) is 24.7. The summed E-state index contributed by atoms with van der Waals surface area (Å²) < 4.78 is 5.97. The van der Waals surface area contributed by atoms with Crippen LogP contribution >= 0.6 is 0 Å². The maximum Gasteiger partial charge on any atom is 0.223 e. The fraction of sp³-hybridized carbons (Fsp3) is 0.680. The average Bonchev–Trinajstić information content (AvgIpc) is 2.81. The zero-order valence-corrected chi connectivity index (χ0v) is 19.7. The summed E-state index contributed by atoms with van der Waals surface area (Å²) in [5, 5.41) is 20.9. The van der Waals surface area contributed by atoms with Crippen molar-refractivity contribution in [3.05, 3.63) is 30.0 Å². The Morgan fingerprint density at radius 2 is 2.03 bits per heavy atom. The number of carbonyl (C=O) groups is 1. The molecule has 2 aliphatic rings. The molecule has 0 bridgehead atoms. The third kappa shape index (κ3) is 7.02. The second kappa shape index (κ2) is 11.3. The smallest absolute Gasteiger partial charge is 0.223 e. The van der Waals surface area contributed by atoms with Crippen LogP contribution in [0.1, 0.15) is 58.4 Å². The molecule has 3 rings (SSSR count). The SMILES string of the molecule is CC(C)(C)N1CCC(COc2ccc(C3=CCC(C(=O)NC[C@H](O)CO)CC3)cn2)CC1. The molecule has 178 valence electrons. The maximum absolute atomic E-state index is 12.2. The molecule has 0 radical (unpaired) electrons. The molecule has 3 N–H and O–H groups in total. The van der Waals surface area contributed by atoms with Gasteiger partial charge >= 0.3 is 0 Å². The van der Waals surface area contributed by atoms with Crippen LogP contribution in [0, 0.1) is 11.8 Å². The molecule has 0 spiro atoms. The van der Waals surface area contributed by atoms with Crippen molar-refractivity contribution in [1.29, 1.82) is 0 Å². The molecule has 32 heavy (non-hydrogen) atoms. The zero-order valence-electron chi connectivity index (χ0n) is 19.7. The van der Waals surface area contributed by atoms with Crippen molar-refractivity contribution >= 4 is 11.5 Å². The number of piperidine rings is 1. The standard InChI is InChI=1S/C25H39N3O4/c1-25(2,3)28-12-10-18(11-13-28)17-32-23-9-8-21(14-26-23)19-4-6-20(7-5-19)24(31)27-15-22(30)16-29/h4,8-9,14,18,20,22,29-30H,5-7,10-13,15-17H2,1-3H3,(H,27,31)/t20?,22-/m0/s1.